The van der Waals surface area contributed by atoms with Crippen LogP contribution in [0.1, 0.15) is 5.56 Å². The van der Waals surface area contributed by atoms with Crippen LogP contribution in [0.15, 0.2) is 41.5 Å². The van der Waals surface area contributed by atoms with Crippen LogP contribution < -0.4 is 18.9 Å². The first-order chi connectivity index (χ1) is 14.5. The van der Waals surface area contributed by atoms with E-state index in [1.807, 2.05) is 24.3 Å². The molecule has 2 aromatic rings. The van der Waals surface area contributed by atoms with E-state index in [1.165, 1.54) is 30.1 Å². The minimum atomic E-state index is -0.158. The van der Waals surface area contributed by atoms with Gasteiger partial charge in [0.05, 0.1) is 31.2 Å². The van der Waals surface area contributed by atoms with Gasteiger partial charge in [-0.3, -0.25) is 4.79 Å². The third-order valence-electron chi connectivity index (χ3n) is 3.96. The van der Waals surface area contributed by atoms with Gasteiger partial charge in [0.15, 0.2) is 27.3 Å². The van der Waals surface area contributed by atoms with Crippen molar-refractivity contribution in [3.8, 4) is 23.0 Å². The Labute approximate surface area is 188 Å². The lowest BCUT2D eigenvalue weighted by Crippen LogP contribution is -2.22. The number of ether oxygens (including phenoxy) is 4. The highest BCUT2D eigenvalue weighted by molar-refractivity contribution is 8.23. The second-order valence-corrected chi connectivity index (χ2v) is 7.90. The molecule has 158 valence electrons. The summed E-state index contributed by atoms with van der Waals surface area (Å²) in [4.78, 5) is 11.8. The van der Waals surface area contributed by atoms with Crippen LogP contribution in [-0.4, -0.2) is 54.6 Å². The quantitative estimate of drug-likeness (QED) is 0.314. The van der Waals surface area contributed by atoms with E-state index in [4.69, 9.17) is 42.8 Å². The van der Waals surface area contributed by atoms with E-state index >= 15 is 0 Å². The van der Waals surface area contributed by atoms with Crippen molar-refractivity contribution in [2.75, 3.05) is 33.2 Å². The third kappa shape index (κ3) is 5.35. The Kier molecular flexibility index (Phi) is 7.78. The molecular weight excluding hydrogens is 448 g/mol. The first kappa shape index (κ1) is 22.2. The summed E-state index contributed by atoms with van der Waals surface area (Å²) in [5, 5.41) is 5.68. The van der Waals surface area contributed by atoms with E-state index in [0.717, 1.165) is 0 Å². The van der Waals surface area contributed by atoms with Crippen molar-refractivity contribution in [3.05, 3.63) is 47.0 Å². The van der Waals surface area contributed by atoms with Gasteiger partial charge in [-0.2, -0.15) is 10.1 Å². The van der Waals surface area contributed by atoms with Crippen LogP contribution >= 0.6 is 35.6 Å². The van der Waals surface area contributed by atoms with Gasteiger partial charge in [-0.1, -0.05) is 47.7 Å². The fourth-order valence-corrected chi connectivity index (χ4v) is 3.81. The monoisotopic (exact) mass is 466 g/mol. The molecule has 2 aromatic carbocycles. The van der Waals surface area contributed by atoms with E-state index in [1.54, 1.807) is 19.2 Å². The van der Waals surface area contributed by atoms with E-state index in [0.29, 0.717) is 43.7 Å². The minimum absolute atomic E-state index is 0.158. The topological polar surface area (TPSA) is 69.6 Å². The molecule has 1 aliphatic heterocycles. The number of thiocarbonyl (C=S) groups is 1. The second kappa shape index (κ2) is 10.5. The molecule has 0 unspecified atom stereocenters. The minimum Gasteiger partial charge on any atom is -0.493 e. The highest BCUT2D eigenvalue weighted by atomic mass is 35.5. The largest absolute Gasteiger partial charge is 0.493 e. The Morgan fingerprint density at radius 1 is 1.13 bits per heavy atom. The standard InChI is InChI=1S/C20H19ClN2O5S2/c1-25-15-5-3-4-6-16(15)27-7-8-28-19-14(21)9-13(10-17(19)26-2)11-22-23-18(24)12-30-20(23)29/h3-6,9-11H,7-8,12H2,1-2H3/b22-11-. The molecule has 1 amide bonds. The van der Waals surface area contributed by atoms with Crippen molar-refractivity contribution in [1.82, 2.24) is 5.01 Å². The van der Waals surface area contributed by atoms with Crippen molar-refractivity contribution >= 4 is 52.0 Å². The zero-order valence-electron chi connectivity index (χ0n) is 16.3. The van der Waals surface area contributed by atoms with Crippen LogP contribution in [0.2, 0.25) is 5.02 Å². The molecule has 30 heavy (non-hydrogen) atoms. The van der Waals surface area contributed by atoms with E-state index in [2.05, 4.69) is 5.10 Å². The van der Waals surface area contributed by atoms with Gasteiger partial charge in [0, 0.05) is 0 Å². The number of methoxy groups -OCH3 is 2. The zero-order valence-corrected chi connectivity index (χ0v) is 18.7. The lowest BCUT2D eigenvalue weighted by molar-refractivity contribution is -0.123. The van der Waals surface area contributed by atoms with Gasteiger partial charge in [-0.25, -0.2) is 0 Å². The zero-order chi connectivity index (χ0) is 21.5. The number of halogens is 1. The summed E-state index contributed by atoms with van der Waals surface area (Å²) in [6.45, 7) is 0.532. The molecule has 0 spiro atoms. The van der Waals surface area contributed by atoms with Gasteiger partial charge in [0.1, 0.15) is 13.2 Å². The number of rotatable bonds is 9. The lowest BCUT2D eigenvalue weighted by atomic mass is 10.2. The Morgan fingerprint density at radius 2 is 1.83 bits per heavy atom. The van der Waals surface area contributed by atoms with Crippen LogP contribution in [0.25, 0.3) is 0 Å². The third-order valence-corrected chi connectivity index (χ3v) is 5.58. The average molecular weight is 467 g/mol. The molecule has 7 nitrogen and oxygen atoms in total. The molecular formula is C20H19ClN2O5S2. The summed E-state index contributed by atoms with van der Waals surface area (Å²) in [5.41, 5.74) is 0.641. The number of carbonyl (C=O) groups is 1. The molecule has 1 fully saturated rings. The highest BCUT2D eigenvalue weighted by Gasteiger charge is 2.26. The second-order valence-electron chi connectivity index (χ2n) is 5.89. The smallest absolute Gasteiger partial charge is 0.259 e. The number of hydrogen-bond acceptors (Lipinski definition) is 8. The van der Waals surface area contributed by atoms with Crippen molar-refractivity contribution in [1.29, 1.82) is 0 Å². The summed E-state index contributed by atoms with van der Waals surface area (Å²) >= 11 is 12.8. The van der Waals surface area contributed by atoms with E-state index in [9.17, 15) is 4.79 Å². The van der Waals surface area contributed by atoms with Crippen LogP contribution in [0.3, 0.4) is 0 Å². The Balaban J connectivity index is 1.64. The maximum Gasteiger partial charge on any atom is 0.259 e. The molecule has 1 aliphatic rings. The van der Waals surface area contributed by atoms with Gasteiger partial charge in [-0.15, -0.1) is 0 Å². The molecule has 1 heterocycles. The number of thioether (sulfide) groups is 1. The van der Waals surface area contributed by atoms with Gasteiger partial charge in [0.25, 0.3) is 5.91 Å². The number of amides is 1. The van der Waals surface area contributed by atoms with Crippen LogP contribution in [0.5, 0.6) is 23.0 Å². The Morgan fingerprint density at radius 3 is 2.50 bits per heavy atom. The number of para-hydroxylation sites is 2. The number of nitrogens with zero attached hydrogens (tertiary/aromatic N) is 2. The molecule has 0 N–H and O–H groups in total. The molecule has 0 aromatic heterocycles. The predicted octanol–water partition coefficient (Wildman–Crippen LogP) is 4.01. The van der Waals surface area contributed by atoms with Crippen molar-refractivity contribution in [3.63, 3.8) is 0 Å². The van der Waals surface area contributed by atoms with Crippen LogP contribution in [0.4, 0.5) is 0 Å². The van der Waals surface area contributed by atoms with Crippen LogP contribution in [-0.2, 0) is 4.79 Å². The van der Waals surface area contributed by atoms with E-state index in [-0.39, 0.29) is 19.1 Å². The molecule has 0 bridgehead atoms. The summed E-state index contributed by atoms with van der Waals surface area (Å²) in [6.07, 6.45) is 1.50. The molecule has 0 saturated carbocycles. The number of benzene rings is 2. The number of hydrazone groups is 1. The Bertz CT molecular complexity index is 954. The SMILES string of the molecule is COc1ccccc1OCCOc1c(Cl)cc(/C=N\N2C(=O)CSC2=S)cc1OC. The first-order valence-corrected chi connectivity index (χ1v) is 10.6. The van der Waals surface area contributed by atoms with Gasteiger partial charge < -0.3 is 18.9 Å². The molecule has 3 rings (SSSR count). The van der Waals surface area contributed by atoms with Crippen molar-refractivity contribution in [2.24, 2.45) is 5.10 Å². The fourth-order valence-electron chi connectivity index (χ4n) is 2.57. The maximum absolute atomic E-state index is 11.8. The summed E-state index contributed by atoms with van der Waals surface area (Å²) in [5.74, 6) is 2.24. The summed E-state index contributed by atoms with van der Waals surface area (Å²) < 4.78 is 22.5. The molecule has 0 atom stereocenters. The Hall–Kier alpha value is -2.49. The van der Waals surface area contributed by atoms with E-state index < -0.39 is 0 Å². The van der Waals surface area contributed by atoms with Crippen molar-refractivity contribution in [2.45, 2.75) is 0 Å². The summed E-state index contributed by atoms with van der Waals surface area (Å²) in [7, 11) is 3.10. The maximum atomic E-state index is 11.8. The molecule has 0 aliphatic carbocycles. The fraction of sp³-hybridized carbons (Fsp3) is 0.250. The van der Waals surface area contributed by atoms with Crippen LogP contribution in [0, 0.1) is 0 Å². The predicted molar refractivity (Wildman–Crippen MR) is 121 cm³/mol. The molecule has 1 saturated heterocycles. The first-order valence-electron chi connectivity index (χ1n) is 8.83. The number of hydrogen-bond donors (Lipinski definition) is 0. The normalized spacial score (nSPS) is 13.8. The molecule has 10 heteroatoms. The lowest BCUT2D eigenvalue weighted by Gasteiger charge is -2.14. The highest BCUT2D eigenvalue weighted by Crippen LogP contribution is 2.36. The number of carbonyl (C=O) groups excluding carboxylic acids is 1. The van der Waals surface area contributed by atoms with Gasteiger partial charge in [-0.05, 0) is 29.8 Å². The van der Waals surface area contributed by atoms with Gasteiger partial charge >= 0.3 is 0 Å². The average Bonchev–Trinajstić information content (AvgIpc) is 3.07. The van der Waals surface area contributed by atoms with Gasteiger partial charge in [0.2, 0.25) is 0 Å². The van der Waals surface area contributed by atoms with Crippen molar-refractivity contribution < 1.29 is 23.7 Å². The summed E-state index contributed by atoms with van der Waals surface area (Å²) in [6, 6.07) is 10.7. The molecule has 0 radical (unpaired) electrons.